The highest BCUT2D eigenvalue weighted by atomic mass is 35.5. The lowest BCUT2D eigenvalue weighted by Crippen LogP contribution is -2.14. The van der Waals surface area contributed by atoms with Crippen LogP contribution in [0.1, 0.15) is 11.4 Å². The van der Waals surface area contributed by atoms with Crippen LogP contribution in [-0.2, 0) is 12.8 Å². The topological polar surface area (TPSA) is 96.0 Å². The molecule has 0 atom stereocenters. The van der Waals surface area contributed by atoms with Crippen molar-refractivity contribution >= 4 is 28.9 Å². The fourth-order valence-electron chi connectivity index (χ4n) is 2.27. The average molecular weight is 434 g/mol. The van der Waals surface area contributed by atoms with Crippen LogP contribution in [0.25, 0.3) is 5.69 Å². The minimum Gasteiger partial charge on any atom is -0.484 e. The lowest BCUT2D eigenvalue weighted by Gasteiger charge is -2.14. The molecule has 13 heteroatoms. The van der Waals surface area contributed by atoms with Crippen LogP contribution >= 0.6 is 23.2 Å². The molecule has 0 unspecified atom stereocenters. The van der Waals surface area contributed by atoms with Gasteiger partial charge in [0, 0.05) is 17.2 Å². The summed E-state index contributed by atoms with van der Waals surface area (Å²) in [4.78, 5) is 10.1. The molecule has 1 aromatic heterocycles. The maximum atomic E-state index is 13.3. The van der Waals surface area contributed by atoms with Gasteiger partial charge < -0.3 is 4.74 Å². The second-order valence-corrected chi connectivity index (χ2v) is 6.17. The van der Waals surface area contributed by atoms with Crippen LogP contribution in [0.2, 0.25) is 10.0 Å². The fraction of sp³-hybridized carbons (Fsp3) is 0.133. The summed E-state index contributed by atoms with van der Waals surface area (Å²) in [6.07, 6.45) is -4.69. The van der Waals surface area contributed by atoms with Gasteiger partial charge in [0.25, 0.3) is 5.69 Å². The average Bonchev–Trinajstić information content (AvgIpc) is 3.08. The Morgan fingerprint density at radius 2 is 1.93 bits per heavy atom. The first-order valence-corrected chi connectivity index (χ1v) is 8.13. The Hall–Kier alpha value is -2.92. The van der Waals surface area contributed by atoms with Crippen LogP contribution in [0.4, 0.5) is 18.9 Å². The second-order valence-electron chi connectivity index (χ2n) is 5.33. The normalized spacial score (nSPS) is 11.5. The molecule has 0 N–H and O–H groups in total. The molecule has 146 valence electrons. The summed E-state index contributed by atoms with van der Waals surface area (Å²) >= 11 is 11.6. The third-order valence-corrected chi connectivity index (χ3v) is 4.04. The number of nitro groups is 1. The minimum atomic E-state index is -4.69. The third kappa shape index (κ3) is 4.15. The van der Waals surface area contributed by atoms with Crippen molar-refractivity contribution in [1.29, 1.82) is 0 Å². The zero-order chi connectivity index (χ0) is 20.5. The highest BCUT2D eigenvalue weighted by molar-refractivity contribution is 6.32. The molecule has 1 heterocycles. The second kappa shape index (κ2) is 7.60. The van der Waals surface area contributed by atoms with Crippen molar-refractivity contribution in [2.24, 2.45) is 0 Å². The van der Waals surface area contributed by atoms with Gasteiger partial charge in [-0.15, -0.1) is 5.10 Å². The molecule has 0 aliphatic carbocycles. The van der Waals surface area contributed by atoms with E-state index >= 15 is 0 Å². The first-order valence-electron chi connectivity index (χ1n) is 7.38. The fourth-order valence-corrected chi connectivity index (χ4v) is 2.67. The van der Waals surface area contributed by atoms with Gasteiger partial charge in [-0.3, -0.25) is 10.1 Å². The summed E-state index contributed by atoms with van der Waals surface area (Å²) in [6, 6.07) is 6.68. The molecule has 0 bridgehead atoms. The van der Waals surface area contributed by atoms with E-state index in [0.29, 0.717) is 0 Å². The van der Waals surface area contributed by atoms with E-state index in [4.69, 9.17) is 27.9 Å². The predicted molar refractivity (Wildman–Crippen MR) is 91.6 cm³/mol. The van der Waals surface area contributed by atoms with Crippen LogP contribution in [-0.4, -0.2) is 25.1 Å². The first-order chi connectivity index (χ1) is 13.2. The van der Waals surface area contributed by atoms with E-state index in [-0.39, 0.29) is 39.6 Å². The monoisotopic (exact) mass is 433 g/mol. The number of alkyl halides is 3. The van der Waals surface area contributed by atoms with Gasteiger partial charge in [0.2, 0.25) is 0 Å². The van der Waals surface area contributed by atoms with Crippen molar-refractivity contribution in [3.63, 3.8) is 0 Å². The molecule has 2 aromatic carbocycles. The number of non-ortho nitro benzene ring substituents is 1. The van der Waals surface area contributed by atoms with E-state index in [1.807, 2.05) is 0 Å². The molecule has 0 saturated carbocycles. The van der Waals surface area contributed by atoms with Gasteiger partial charge in [-0.1, -0.05) is 23.2 Å². The van der Waals surface area contributed by atoms with E-state index in [1.165, 1.54) is 18.2 Å². The van der Waals surface area contributed by atoms with Crippen molar-refractivity contribution in [2.75, 3.05) is 0 Å². The molecule has 8 nitrogen and oxygen atoms in total. The summed E-state index contributed by atoms with van der Waals surface area (Å²) in [5.74, 6) is 0.0243. The molecule has 3 aromatic rings. The summed E-state index contributed by atoms with van der Waals surface area (Å²) in [7, 11) is 0. The van der Waals surface area contributed by atoms with Gasteiger partial charge in [0.1, 0.15) is 12.4 Å². The summed E-state index contributed by atoms with van der Waals surface area (Å²) in [5, 5.41) is 21.2. The van der Waals surface area contributed by atoms with Crippen molar-refractivity contribution in [3.05, 3.63) is 67.9 Å². The Morgan fingerprint density at radius 3 is 2.57 bits per heavy atom. The molecule has 3 rings (SSSR count). The Morgan fingerprint density at radius 1 is 1.18 bits per heavy atom. The largest absolute Gasteiger partial charge is 0.484 e. The summed E-state index contributed by atoms with van der Waals surface area (Å²) in [5.41, 5.74) is -1.60. The smallest absolute Gasteiger partial charge is 0.418 e. The Bertz CT molecular complexity index is 1040. The summed E-state index contributed by atoms with van der Waals surface area (Å²) < 4.78 is 46.2. The Kier molecular flexibility index (Phi) is 5.38. The van der Waals surface area contributed by atoms with Crippen LogP contribution in [0.3, 0.4) is 0 Å². The molecular formula is C15H8Cl2F3N5O3. The van der Waals surface area contributed by atoms with Gasteiger partial charge >= 0.3 is 6.18 Å². The van der Waals surface area contributed by atoms with Gasteiger partial charge in [0.15, 0.2) is 5.82 Å². The van der Waals surface area contributed by atoms with E-state index < -0.39 is 16.7 Å². The van der Waals surface area contributed by atoms with Crippen LogP contribution in [0.5, 0.6) is 5.75 Å². The molecule has 0 aliphatic heterocycles. The number of benzene rings is 2. The summed E-state index contributed by atoms with van der Waals surface area (Å²) in [6.45, 7) is -0.343. The number of tetrazole rings is 1. The number of halogens is 5. The van der Waals surface area contributed by atoms with E-state index in [0.717, 1.165) is 22.9 Å². The van der Waals surface area contributed by atoms with Crippen LogP contribution in [0.15, 0.2) is 36.4 Å². The lowest BCUT2D eigenvalue weighted by atomic mass is 10.1. The number of hydrogen-bond acceptors (Lipinski definition) is 6. The highest BCUT2D eigenvalue weighted by Gasteiger charge is 2.35. The zero-order valence-corrected chi connectivity index (χ0v) is 15.0. The highest BCUT2D eigenvalue weighted by Crippen LogP contribution is 2.36. The number of ether oxygens (including phenoxy) is 1. The van der Waals surface area contributed by atoms with Gasteiger partial charge in [0.05, 0.1) is 21.2 Å². The van der Waals surface area contributed by atoms with Crippen LogP contribution in [0, 0.1) is 10.1 Å². The number of aromatic nitrogens is 4. The Balaban J connectivity index is 1.89. The molecule has 28 heavy (non-hydrogen) atoms. The van der Waals surface area contributed by atoms with E-state index in [2.05, 4.69) is 15.5 Å². The quantitative estimate of drug-likeness (QED) is 0.434. The molecular weight excluding hydrogens is 426 g/mol. The molecule has 0 spiro atoms. The lowest BCUT2D eigenvalue weighted by molar-refractivity contribution is -0.384. The maximum absolute atomic E-state index is 13.3. The molecule has 0 fully saturated rings. The number of nitrogens with zero attached hydrogens (tertiary/aromatic N) is 5. The van der Waals surface area contributed by atoms with Gasteiger partial charge in [-0.05, 0) is 34.7 Å². The van der Waals surface area contributed by atoms with Crippen molar-refractivity contribution < 1.29 is 22.8 Å². The predicted octanol–water partition coefficient (Wildman–Crippen LogP) is 4.48. The third-order valence-electron chi connectivity index (χ3n) is 3.51. The maximum Gasteiger partial charge on any atom is 0.418 e. The molecule has 0 radical (unpaired) electrons. The van der Waals surface area contributed by atoms with Gasteiger partial charge in [-0.25, -0.2) is 0 Å². The number of hydrogen-bond donors (Lipinski definition) is 0. The molecule has 0 aliphatic rings. The SMILES string of the molecule is O=[N+]([O-])c1ccc(OCc2nnnn2-c2ccc(Cl)cc2C(F)(F)F)c(Cl)c1. The van der Waals surface area contributed by atoms with Crippen molar-refractivity contribution in [2.45, 2.75) is 12.8 Å². The Labute approximate surface area is 164 Å². The van der Waals surface area contributed by atoms with Gasteiger partial charge in [-0.2, -0.15) is 17.9 Å². The number of rotatable bonds is 5. The standard InChI is InChI=1S/C15H8Cl2F3N5O3/c16-8-1-3-12(10(5-8)15(18,19)20)24-14(21-22-23-24)7-28-13-4-2-9(25(26)27)6-11(13)17/h1-6H,7H2. The van der Waals surface area contributed by atoms with Crippen LogP contribution < -0.4 is 4.74 Å². The van der Waals surface area contributed by atoms with E-state index in [9.17, 15) is 23.3 Å². The first kappa shape index (κ1) is 19.8. The van der Waals surface area contributed by atoms with E-state index in [1.54, 1.807) is 0 Å². The number of nitro benzene ring substituents is 1. The molecule has 0 saturated heterocycles. The zero-order valence-electron chi connectivity index (χ0n) is 13.5. The van der Waals surface area contributed by atoms with Crippen molar-refractivity contribution in [1.82, 2.24) is 20.2 Å². The van der Waals surface area contributed by atoms with Crippen molar-refractivity contribution in [3.8, 4) is 11.4 Å². The minimum absolute atomic E-state index is 0.0457. The molecule has 0 amide bonds.